The van der Waals surface area contributed by atoms with Crippen LogP contribution in [0.3, 0.4) is 0 Å². The second-order valence-electron chi connectivity index (χ2n) is 6.45. The lowest BCUT2D eigenvalue weighted by Crippen LogP contribution is -2.31. The largest absolute Gasteiger partial charge is 0.492 e. The third-order valence-electron chi connectivity index (χ3n) is 4.58. The van der Waals surface area contributed by atoms with E-state index in [0.29, 0.717) is 35.3 Å². The fourth-order valence-corrected chi connectivity index (χ4v) is 3.56. The summed E-state index contributed by atoms with van der Waals surface area (Å²) in [5, 5.41) is 18.0. The van der Waals surface area contributed by atoms with Gasteiger partial charge in [-0.15, -0.1) is 0 Å². The highest BCUT2D eigenvalue weighted by atomic mass is 79.9. The second kappa shape index (κ2) is 8.04. The number of anilines is 2. The minimum absolute atomic E-state index is 0.253. The first-order chi connectivity index (χ1) is 14.1. The summed E-state index contributed by atoms with van der Waals surface area (Å²) in [7, 11) is 0. The van der Waals surface area contributed by atoms with Gasteiger partial charge in [0.1, 0.15) is 11.8 Å². The molecule has 1 unspecified atom stereocenters. The number of fused-ring (bicyclic) bond motifs is 1. The first-order valence-corrected chi connectivity index (χ1v) is 9.92. The Morgan fingerprint density at radius 2 is 2.00 bits per heavy atom. The summed E-state index contributed by atoms with van der Waals surface area (Å²) in [6.07, 6.45) is 0. The SMILES string of the molecule is CCOc1ccccc1NC(=O)C1=C(C)Nc2nnnn2C1c1ccc(Br)cc1. The first-order valence-electron chi connectivity index (χ1n) is 9.12. The molecule has 9 heteroatoms. The van der Waals surface area contributed by atoms with Crippen molar-refractivity contribution in [2.75, 3.05) is 17.2 Å². The maximum absolute atomic E-state index is 13.4. The average molecular weight is 455 g/mol. The van der Waals surface area contributed by atoms with Crippen molar-refractivity contribution < 1.29 is 9.53 Å². The monoisotopic (exact) mass is 454 g/mol. The fourth-order valence-electron chi connectivity index (χ4n) is 3.30. The van der Waals surface area contributed by atoms with E-state index < -0.39 is 6.04 Å². The van der Waals surface area contributed by atoms with Crippen molar-refractivity contribution in [1.82, 2.24) is 20.2 Å². The maximum Gasteiger partial charge on any atom is 0.255 e. The van der Waals surface area contributed by atoms with Crippen molar-refractivity contribution in [1.29, 1.82) is 0 Å². The molecule has 0 spiro atoms. The Hall–Kier alpha value is -3.20. The van der Waals surface area contributed by atoms with E-state index in [1.54, 1.807) is 4.68 Å². The fraction of sp³-hybridized carbons (Fsp3) is 0.200. The van der Waals surface area contributed by atoms with E-state index in [-0.39, 0.29) is 5.91 Å². The van der Waals surface area contributed by atoms with E-state index in [9.17, 15) is 4.79 Å². The van der Waals surface area contributed by atoms with E-state index >= 15 is 0 Å². The van der Waals surface area contributed by atoms with Crippen LogP contribution in [0.15, 0.2) is 64.3 Å². The van der Waals surface area contributed by atoms with Gasteiger partial charge in [-0.05, 0) is 54.1 Å². The standard InChI is InChI=1S/C20H19BrN6O2/c1-3-29-16-7-5-4-6-15(16)23-19(28)17-12(2)22-20-24-25-26-27(20)18(17)13-8-10-14(21)11-9-13/h4-11,18H,3H2,1-2H3,(H,23,28)(H,22,24,26). The molecule has 1 amide bonds. The van der Waals surface area contributed by atoms with Crippen molar-refractivity contribution in [3.63, 3.8) is 0 Å². The van der Waals surface area contributed by atoms with Crippen molar-refractivity contribution in [2.45, 2.75) is 19.9 Å². The number of halogens is 1. The summed E-state index contributed by atoms with van der Waals surface area (Å²) in [6.45, 7) is 4.25. The zero-order valence-corrected chi connectivity index (χ0v) is 17.5. The summed E-state index contributed by atoms with van der Waals surface area (Å²) in [5.41, 5.74) is 2.72. The molecule has 148 valence electrons. The van der Waals surface area contributed by atoms with Gasteiger partial charge in [-0.3, -0.25) is 4.79 Å². The molecular formula is C20H19BrN6O2. The van der Waals surface area contributed by atoms with Crippen LogP contribution in [0.4, 0.5) is 11.6 Å². The summed E-state index contributed by atoms with van der Waals surface area (Å²) in [4.78, 5) is 13.4. The van der Waals surface area contributed by atoms with Crippen LogP contribution in [0, 0.1) is 0 Å². The van der Waals surface area contributed by atoms with Crippen LogP contribution in [-0.4, -0.2) is 32.7 Å². The summed E-state index contributed by atoms with van der Waals surface area (Å²) in [5.74, 6) is 0.853. The van der Waals surface area contributed by atoms with E-state index in [1.807, 2.05) is 62.4 Å². The van der Waals surface area contributed by atoms with Crippen LogP contribution in [0.25, 0.3) is 0 Å². The Kier molecular flexibility index (Phi) is 5.30. The lowest BCUT2D eigenvalue weighted by atomic mass is 9.95. The molecule has 1 atom stereocenters. The smallest absolute Gasteiger partial charge is 0.255 e. The highest BCUT2D eigenvalue weighted by molar-refractivity contribution is 9.10. The number of ether oxygens (including phenoxy) is 1. The minimum atomic E-state index is -0.464. The molecule has 2 heterocycles. The first kappa shape index (κ1) is 19.1. The number of amides is 1. The molecule has 2 N–H and O–H groups in total. The Balaban J connectivity index is 1.74. The van der Waals surface area contributed by atoms with Gasteiger partial charge in [0.05, 0.1) is 17.9 Å². The predicted molar refractivity (Wildman–Crippen MR) is 113 cm³/mol. The second-order valence-corrected chi connectivity index (χ2v) is 7.36. The van der Waals surface area contributed by atoms with Gasteiger partial charge in [0, 0.05) is 10.2 Å². The number of tetrazole rings is 1. The number of rotatable bonds is 5. The quantitative estimate of drug-likeness (QED) is 0.609. The lowest BCUT2D eigenvalue weighted by Gasteiger charge is -2.28. The topological polar surface area (TPSA) is 94.0 Å². The average Bonchev–Trinajstić information content (AvgIpc) is 3.17. The van der Waals surface area contributed by atoms with Crippen molar-refractivity contribution >= 4 is 33.5 Å². The number of aromatic nitrogens is 4. The van der Waals surface area contributed by atoms with Gasteiger partial charge in [0.25, 0.3) is 5.91 Å². The van der Waals surface area contributed by atoms with Crippen LogP contribution in [0.2, 0.25) is 0 Å². The summed E-state index contributed by atoms with van der Waals surface area (Å²) >= 11 is 3.45. The number of hydrogen-bond donors (Lipinski definition) is 2. The highest BCUT2D eigenvalue weighted by Gasteiger charge is 2.34. The molecule has 0 fully saturated rings. The molecule has 29 heavy (non-hydrogen) atoms. The molecule has 0 saturated heterocycles. The summed E-state index contributed by atoms with van der Waals surface area (Å²) < 4.78 is 8.19. The Morgan fingerprint density at radius 1 is 1.24 bits per heavy atom. The molecule has 0 saturated carbocycles. The van der Waals surface area contributed by atoms with E-state index in [1.165, 1.54) is 0 Å². The van der Waals surface area contributed by atoms with Gasteiger partial charge in [-0.2, -0.15) is 4.68 Å². The van der Waals surface area contributed by atoms with E-state index in [2.05, 4.69) is 42.1 Å². The summed E-state index contributed by atoms with van der Waals surface area (Å²) in [6, 6.07) is 14.6. The van der Waals surface area contributed by atoms with Crippen LogP contribution in [0.1, 0.15) is 25.5 Å². The van der Waals surface area contributed by atoms with Crippen molar-refractivity contribution in [3.8, 4) is 5.75 Å². The number of hydrogen-bond acceptors (Lipinski definition) is 6. The highest BCUT2D eigenvalue weighted by Crippen LogP contribution is 2.36. The van der Waals surface area contributed by atoms with E-state index in [4.69, 9.17) is 4.74 Å². The van der Waals surface area contributed by atoms with Gasteiger partial charge < -0.3 is 15.4 Å². The van der Waals surface area contributed by atoms with Crippen molar-refractivity contribution in [3.05, 3.63) is 69.8 Å². The van der Waals surface area contributed by atoms with Crippen LogP contribution in [0.5, 0.6) is 5.75 Å². The number of allylic oxidation sites excluding steroid dienone is 1. The third kappa shape index (κ3) is 3.73. The molecule has 0 aliphatic carbocycles. The van der Waals surface area contributed by atoms with Crippen LogP contribution >= 0.6 is 15.9 Å². The molecule has 3 aromatic rings. The number of nitrogens with zero attached hydrogens (tertiary/aromatic N) is 4. The molecule has 4 rings (SSSR count). The van der Waals surface area contributed by atoms with Gasteiger partial charge in [-0.1, -0.05) is 45.3 Å². The molecule has 0 bridgehead atoms. The minimum Gasteiger partial charge on any atom is -0.492 e. The normalized spacial score (nSPS) is 15.5. The Morgan fingerprint density at radius 3 is 2.76 bits per heavy atom. The number of carbonyl (C=O) groups excluding carboxylic acids is 1. The molecular weight excluding hydrogens is 436 g/mol. The van der Waals surface area contributed by atoms with Crippen LogP contribution in [-0.2, 0) is 4.79 Å². The van der Waals surface area contributed by atoms with Gasteiger partial charge in [0.2, 0.25) is 5.95 Å². The number of para-hydroxylation sites is 2. The van der Waals surface area contributed by atoms with Crippen LogP contribution < -0.4 is 15.4 Å². The molecule has 1 aliphatic heterocycles. The maximum atomic E-state index is 13.4. The van der Waals surface area contributed by atoms with Gasteiger partial charge in [0.15, 0.2) is 0 Å². The number of benzene rings is 2. The third-order valence-corrected chi connectivity index (χ3v) is 5.11. The van der Waals surface area contributed by atoms with Gasteiger partial charge >= 0.3 is 0 Å². The van der Waals surface area contributed by atoms with Gasteiger partial charge in [-0.25, -0.2) is 0 Å². The lowest BCUT2D eigenvalue weighted by molar-refractivity contribution is -0.113. The number of carbonyl (C=O) groups is 1. The Bertz CT molecular complexity index is 1080. The van der Waals surface area contributed by atoms with Crippen molar-refractivity contribution in [2.24, 2.45) is 0 Å². The Labute approximate surface area is 176 Å². The number of nitrogens with one attached hydrogen (secondary N) is 2. The predicted octanol–water partition coefficient (Wildman–Crippen LogP) is 3.76. The molecule has 8 nitrogen and oxygen atoms in total. The molecule has 0 radical (unpaired) electrons. The molecule has 2 aromatic carbocycles. The zero-order valence-electron chi connectivity index (χ0n) is 15.9. The molecule has 1 aromatic heterocycles. The molecule has 1 aliphatic rings. The zero-order chi connectivity index (χ0) is 20.4. The van der Waals surface area contributed by atoms with E-state index in [0.717, 1.165) is 10.0 Å².